The third-order valence-electron chi connectivity index (χ3n) is 5.43. The zero-order valence-corrected chi connectivity index (χ0v) is 15.2. The Balaban J connectivity index is 1.39. The van der Waals surface area contributed by atoms with Crippen molar-refractivity contribution < 1.29 is 23.0 Å². The molecule has 146 valence electrons. The minimum Gasteiger partial charge on any atom is -0.490 e. The van der Waals surface area contributed by atoms with E-state index in [9.17, 15) is 13.6 Å². The molecule has 0 aliphatic carbocycles. The van der Waals surface area contributed by atoms with Gasteiger partial charge in [0.05, 0.1) is 24.6 Å². The number of carbonyl (C=O) groups excluding carboxylic acids is 1. The number of alkyl halides is 2. The van der Waals surface area contributed by atoms with Crippen LogP contribution in [0.1, 0.15) is 19.3 Å². The lowest BCUT2D eigenvalue weighted by molar-refractivity contribution is -0.137. The Bertz CT molecular complexity index is 794. The Labute approximate surface area is 156 Å². The van der Waals surface area contributed by atoms with Crippen molar-refractivity contribution in [3.8, 4) is 5.75 Å². The van der Waals surface area contributed by atoms with E-state index >= 15 is 0 Å². The predicted molar refractivity (Wildman–Crippen MR) is 97.1 cm³/mol. The van der Waals surface area contributed by atoms with Gasteiger partial charge in [0.25, 0.3) is 6.43 Å². The Kier molecular flexibility index (Phi) is 5.29. The number of halogens is 2. The number of piperidine rings is 1. The number of likely N-dealkylation sites (tertiary alicyclic amines) is 1. The van der Waals surface area contributed by atoms with E-state index in [4.69, 9.17) is 9.47 Å². The highest BCUT2D eigenvalue weighted by Gasteiger charge is 2.31. The summed E-state index contributed by atoms with van der Waals surface area (Å²) < 4.78 is 38.5. The van der Waals surface area contributed by atoms with Crippen LogP contribution in [0.5, 0.6) is 5.75 Å². The van der Waals surface area contributed by atoms with Gasteiger partial charge >= 0.3 is 0 Å². The lowest BCUT2D eigenvalue weighted by atomic mass is 10.0. The average molecular weight is 378 g/mol. The topological polar surface area (TPSA) is 43.7 Å². The van der Waals surface area contributed by atoms with Gasteiger partial charge < -0.3 is 18.9 Å². The maximum atomic E-state index is 12.7. The highest BCUT2D eigenvalue weighted by Crippen LogP contribution is 2.30. The van der Waals surface area contributed by atoms with Crippen molar-refractivity contribution in [3.05, 3.63) is 30.5 Å². The molecule has 2 saturated heterocycles. The SMILES string of the molecule is O=C(C1CCOC1)N1CCC(Oc2cccc3c2ccn3CC(F)F)CC1. The molecule has 1 unspecified atom stereocenters. The van der Waals surface area contributed by atoms with Crippen molar-refractivity contribution in [2.45, 2.75) is 38.3 Å². The molecule has 2 aliphatic rings. The molecule has 1 aromatic heterocycles. The number of ether oxygens (including phenoxy) is 2. The zero-order valence-electron chi connectivity index (χ0n) is 15.2. The Morgan fingerprint density at radius 1 is 1.22 bits per heavy atom. The highest BCUT2D eigenvalue weighted by atomic mass is 19.3. The standard InChI is InChI=1S/C20H24F2N2O3/c21-19(22)12-24-10-6-16-17(24)2-1-3-18(16)27-15-4-8-23(9-5-15)20(25)14-7-11-26-13-14/h1-3,6,10,14-15,19H,4-5,7-9,11-13H2. The molecule has 5 nitrogen and oxygen atoms in total. The van der Waals surface area contributed by atoms with E-state index in [1.807, 2.05) is 29.2 Å². The van der Waals surface area contributed by atoms with Gasteiger partial charge in [-0.2, -0.15) is 0 Å². The van der Waals surface area contributed by atoms with Crippen LogP contribution in [0, 0.1) is 5.92 Å². The summed E-state index contributed by atoms with van der Waals surface area (Å²) in [6.07, 6.45) is 1.66. The Morgan fingerprint density at radius 2 is 2.04 bits per heavy atom. The van der Waals surface area contributed by atoms with Crippen molar-refractivity contribution >= 4 is 16.8 Å². The third-order valence-corrected chi connectivity index (χ3v) is 5.43. The van der Waals surface area contributed by atoms with Crippen LogP contribution < -0.4 is 4.74 Å². The van der Waals surface area contributed by atoms with Crippen LogP contribution in [-0.4, -0.2) is 54.2 Å². The summed E-state index contributed by atoms with van der Waals surface area (Å²) >= 11 is 0. The molecular weight excluding hydrogens is 354 g/mol. The van der Waals surface area contributed by atoms with Crippen molar-refractivity contribution in [2.24, 2.45) is 5.92 Å². The van der Waals surface area contributed by atoms with Crippen molar-refractivity contribution in [3.63, 3.8) is 0 Å². The fourth-order valence-electron chi connectivity index (χ4n) is 3.97. The number of carbonyl (C=O) groups is 1. The summed E-state index contributed by atoms with van der Waals surface area (Å²) in [6, 6.07) is 7.36. The second kappa shape index (κ2) is 7.84. The van der Waals surface area contributed by atoms with Crippen molar-refractivity contribution in [1.82, 2.24) is 9.47 Å². The van der Waals surface area contributed by atoms with Gasteiger partial charge in [-0.15, -0.1) is 0 Å². The highest BCUT2D eigenvalue weighted by molar-refractivity contribution is 5.86. The van der Waals surface area contributed by atoms with Crippen LogP contribution in [-0.2, 0) is 16.1 Å². The normalized spacial score (nSPS) is 21.3. The van der Waals surface area contributed by atoms with Gasteiger partial charge in [0.1, 0.15) is 11.9 Å². The minimum absolute atomic E-state index is 0.00539. The smallest absolute Gasteiger partial charge is 0.256 e. The van der Waals surface area contributed by atoms with Crippen LogP contribution in [0.15, 0.2) is 30.5 Å². The molecule has 2 aliphatic heterocycles. The molecule has 27 heavy (non-hydrogen) atoms. The Hall–Kier alpha value is -2.15. The van der Waals surface area contributed by atoms with Crippen LogP contribution in [0.25, 0.3) is 10.9 Å². The lowest BCUT2D eigenvalue weighted by Crippen LogP contribution is -2.44. The number of nitrogens with zero attached hydrogens (tertiary/aromatic N) is 2. The summed E-state index contributed by atoms with van der Waals surface area (Å²) in [7, 11) is 0. The maximum Gasteiger partial charge on any atom is 0.256 e. The van der Waals surface area contributed by atoms with Crippen LogP contribution in [0.4, 0.5) is 8.78 Å². The second-order valence-electron chi connectivity index (χ2n) is 7.25. The molecule has 2 aromatic rings. The first-order chi connectivity index (χ1) is 13.1. The summed E-state index contributed by atoms with van der Waals surface area (Å²) in [5.41, 5.74) is 0.752. The number of benzene rings is 1. The first-order valence-electron chi connectivity index (χ1n) is 9.51. The fraction of sp³-hybridized carbons (Fsp3) is 0.550. The number of aromatic nitrogens is 1. The van der Waals surface area contributed by atoms with E-state index in [0.717, 1.165) is 35.9 Å². The van der Waals surface area contributed by atoms with E-state index in [1.165, 1.54) is 0 Å². The van der Waals surface area contributed by atoms with E-state index < -0.39 is 6.43 Å². The number of fused-ring (bicyclic) bond motifs is 1. The van der Waals surface area contributed by atoms with Crippen molar-refractivity contribution in [2.75, 3.05) is 26.3 Å². The van der Waals surface area contributed by atoms with Crippen molar-refractivity contribution in [1.29, 1.82) is 0 Å². The predicted octanol–water partition coefficient (Wildman–Crippen LogP) is 3.31. The molecule has 4 rings (SSSR count). The third kappa shape index (κ3) is 3.93. The summed E-state index contributed by atoms with van der Waals surface area (Å²) in [4.78, 5) is 14.4. The summed E-state index contributed by atoms with van der Waals surface area (Å²) in [6.45, 7) is 2.25. The van der Waals surface area contributed by atoms with E-state index in [1.54, 1.807) is 10.8 Å². The molecule has 0 radical (unpaired) electrons. The lowest BCUT2D eigenvalue weighted by Gasteiger charge is -2.33. The molecule has 1 aromatic carbocycles. The van der Waals surface area contributed by atoms with Gasteiger partial charge in [-0.3, -0.25) is 4.79 Å². The van der Waals surface area contributed by atoms with E-state index in [0.29, 0.717) is 26.3 Å². The van der Waals surface area contributed by atoms with Gasteiger partial charge in [0.15, 0.2) is 0 Å². The van der Waals surface area contributed by atoms with Gasteiger partial charge in [-0.05, 0) is 24.6 Å². The molecule has 0 bridgehead atoms. The largest absolute Gasteiger partial charge is 0.490 e. The second-order valence-corrected chi connectivity index (χ2v) is 7.25. The van der Waals surface area contributed by atoms with Gasteiger partial charge in [0.2, 0.25) is 5.91 Å². The molecular formula is C20H24F2N2O3. The van der Waals surface area contributed by atoms with Gasteiger partial charge in [-0.25, -0.2) is 8.78 Å². The first kappa shape index (κ1) is 18.2. The molecule has 0 saturated carbocycles. The maximum absolute atomic E-state index is 12.7. The number of hydrogen-bond donors (Lipinski definition) is 0. The van der Waals surface area contributed by atoms with Gasteiger partial charge in [-0.1, -0.05) is 6.07 Å². The van der Waals surface area contributed by atoms with E-state index in [-0.39, 0.29) is 24.5 Å². The van der Waals surface area contributed by atoms with Crippen LogP contribution in [0.2, 0.25) is 0 Å². The van der Waals surface area contributed by atoms with Gasteiger partial charge in [0, 0.05) is 44.1 Å². The summed E-state index contributed by atoms with van der Waals surface area (Å²) in [5.74, 6) is 0.914. The molecule has 0 N–H and O–H groups in total. The molecule has 7 heteroatoms. The quantitative estimate of drug-likeness (QED) is 0.802. The molecule has 1 atom stereocenters. The van der Waals surface area contributed by atoms with Crippen LogP contribution >= 0.6 is 0 Å². The summed E-state index contributed by atoms with van der Waals surface area (Å²) in [5, 5.41) is 0.847. The van der Waals surface area contributed by atoms with E-state index in [2.05, 4.69) is 0 Å². The number of rotatable bonds is 5. The number of amides is 1. The minimum atomic E-state index is -2.39. The zero-order chi connectivity index (χ0) is 18.8. The molecule has 1 amide bonds. The monoisotopic (exact) mass is 378 g/mol. The molecule has 0 spiro atoms. The first-order valence-corrected chi connectivity index (χ1v) is 9.51. The Morgan fingerprint density at radius 3 is 2.74 bits per heavy atom. The van der Waals surface area contributed by atoms with Crippen LogP contribution in [0.3, 0.4) is 0 Å². The molecule has 2 fully saturated rings. The molecule has 3 heterocycles. The number of hydrogen-bond acceptors (Lipinski definition) is 3. The fourth-order valence-corrected chi connectivity index (χ4v) is 3.97. The average Bonchev–Trinajstić information content (AvgIpc) is 3.33.